The van der Waals surface area contributed by atoms with Crippen LogP contribution in [0.1, 0.15) is 12.8 Å². The summed E-state index contributed by atoms with van der Waals surface area (Å²) in [6, 6.07) is 0. The largest absolute Gasteiger partial charge is 0.453 e. The molecule has 0 N–H and O–H groups in total. The van der Waals surface area contributed by atoms with Crippen molar-refractivity contribution in [2.24, 2.45) is 5.92 Å². The van der Waals surface area contributed by atoms with Crippen LogP contribution in [0, 0.1) is 5.92 Å². The van der Waals surface area contributed by atoms with Gasteiger partial charge in [0.15, 0.2) is 0 Å². The smallest absolute Gasteiger partial charge is 0.409 e. The molecule has 0 saturated carbocycles. The number of nitrogens with zero attached hydrogens (tertiary/aromatic N) is 1. The monoisotopic (exact) mass is 205 g/mol. The predicted octanol–water partition coefficient (Wildman–Crippen LogP) is 1.23. The number of ether oxygens (including phenoxy) is 1. The lowest BCUT2D eigenvalue weighted by Gasteiger charge is -2.28. The third kappa shape index (κ3) is 2.59. The molecule has 1 amide bonds. The molecular formula is C8H12ClNO3. The van der Waals surface area contributed by atoms with E-state index in [1.165, 1.54) is 7.11 Å². The van der Waals surface area contributed by atoms with Crippen LogP contribution in [0.3, 0.4) is 0 Å². The first-order valence-electron chi connectivity index (χ1n) is 4.17. The minimum absolute atomic E-state index is 0.0948. The number of methoxy groups -OCH3 is 1. The maximum absolute atomic E-state index is 11.0. The summed E-state index contributed by atoms with van der Waals surface area (Å²) in [5, 5.41) is -0.301. The highest BCUT2D eigenvalue weighted by Crippen LogP contribution is 2.19. The Labute approximate surface area is 81.8 Å². The van der Waals surface area contributed by atoms with Gasteiger partial charge in [-0.3, -0.25) is 4.79 Å². The van der Waals surface area contributed by atoms with Gasteiger partial charge in [0.2, 0.25) is 5.24 Å². The van der Waals surface area contributed by atoms with Crippen LogP contribution in [0.15, 0.2) is 0 Å². The van der Waals surface area contributed by atoms with Crippen molar-refractivity contribution in [2.45, 2.75) is 12.8 Å². The molecule has 0 spiro atoms. The van der Waals surface area contributed by atoms with Crippen molar-refractivity contribution < 1.29 is 14.3 Å². The van der Waals surface area contributed by atoms with Crippen molar-refractivity contribution in [3.05, 3.63) is 0 Å². The predicted molar refractivity (Wildman–Crippen MR) is 47.6 cm³/mol. The molecule has 4 nitrogen and oxygen atoms in total. The van der Waals surface area contributed by atoms with E-state index >= 15 is 0 Å². The Balaban J connectivity index is 2.39. The van der Waals surface area contributed by atoms with Crippen LogP contribution in [0.4, 0.5) is 4.79 Å². The molecule has 1 saturated heterocycles. The summed E-state index contributed by atoms with van der Waals surface area (Å²) in [7, 11) is 1.35. The van der Waals surface area contributed by atoms with Crippen LogP contribution in [-0.4, -0.2) is 36.4 Å². The van der Waals surface area contributed by atoms with Gasteiger partial charge in [0.25, 0.3) is 0 Å². The SMILES string of the molecule is COC(=O)N1CCC(C(=O)Cl)CC1. The summed E-state index contributed by atoms with van der Waals surface area (Å²) in [5.74, 6) is -0.0948. The average Bonchev–Trinajstić information content (AvgIpc) is 2.17. The number of halogens is 1. The topological polar surface area (TPSA) is 46.6 Å². The molecule has 13 heavy (non-hydrogen) atoms. The van der Waals surface area contributed by atoms with E-state index in [9.17, 15) is 9.59 Å². The van der Waals surface area contributed by atoms with Crippen LogP contribution in [0.25, 0.3) is 0 Å². The zero-order valence-corrected chi connectivity index (χ0v) is 8.21. The van der Waals surface area contributed by atoms with Crippen LogP contribution in [0.2, 0.25) is 0 Å². The molecule has 1 aliphatic rings. The lowest BCUT2D eigenvalue weighted by molar-refractivity contribution is -0.116. The molecule has 74 valence electrons. The number of carbonyl (C=O) groups excluding carboxylic acids is 2. The van der Waals surface area contributed by atoms with Crippen molar-refractivity contribution in [1.29, 1.82) is 0 Å². The zero-order valence-electron chi connectivity index (χ0n) is 7.46. The average molecular weight is 206 g/mol. The van der Waals surface area contributed by atoms with E-state index < -0.39 is 0 Å². The second-order valence-corrected chi connectivity index (χ2v) is 3.41. The van der Waals surface area contributed by atoms with Gasteiger partial charge in [-0.25, -0.2) is 4.79 Å². The minimum Gasteiger partial charge on any atom is -0.453 e. The van der Waals surface area contributed by atoms with E-state index in [0.29, 0.717) is 25.9 Å². The lowest BCUT2D eigenvalue weighted by atomic mass is 9.99. The molecule has 1 heterocycles. The molecule has 0 aliphatic carbocycles. The third-order valence-electron chi connectivity index (χ3n) is 2.25. The van der Waals surface area contributed by atoms with E-state index in [2.05, 4.69) is 4.74 Å². The summed E-state index contributed by atoms with van der Waals surface area (Å²) in [6.07, 6.45) is 0.940. The van der Waals surface area contributed by atoms with Crippen molar-refractivity contribution in [2.75, 3.05) is 20.2 Å². The van der Waals surface area contributed by atoms with Crippen molar-refractivity contribution >= 4 is 22.9 Å². The Morgan fingerprint density at radius 1 is 1.38 bits per heavy atom. The van der Waals surface area contributed by atoms with Gasteiger partial charge in [-0.05, 0) is 24.4 Å². The van der Waals surface area contributed by atoms with Crippen molar-refractivity contribution in [1.82, 2.24) is 4.90 Å². The highest BCUT2D eigenvalue weighted by Gasteiger charge is 2.26. The normalized spacial score (nSPS) is 18.5. The number of rotatable bonds is 1. The van der Waals surface area contributed by atoms with Gasteiger partial charge < -0.3 is 9.64 Å². The lowest BCUT2D eigenvalue weighted by Crippen LogP contribution is -2.39. The fourth-order valence-corrected chi connectivity index (χ4v) is 1.64. The molecule has 5 heteroatoms. The molecule has 0 aromatic carbocycles. The summed E-state index contributed by atoms with van der Waals surface area (Å²) < 4.78 is 4.55. The van der Waals surface area contributed by atoms with Crippen LogP contribution < -0.4 is 0 Å². The van der Waals surface area contributed by atoms with Gasteiger partial charge in [-0.1, -0.05) is 0 Å². The third-order valence-corrected chi connectivity index (χ3v) is 2.56. The van der Waals surface area contributed by atoms with Gasteiger partial charge in [0.05, 0.1) is 7.11 Å². The molecule has 0 atom stereocenters. The number of amides is 1. The van der Waals surface area contributed by atoms with E-state index in [-0.39, 0.29) is 17.3 Å². The number of hydrogen-bond donors (Lipinski definition) is 0. The van der Waals surface area contributed by atoms with Gasteiger partial charge in [0, 0.05) is 19.0 Å². The van der Waals surface area contributed by atoms with Crippen molar-refractivity contribution in [3.8, 4) is 0 Å². The van der Waals surface area contributed by atoms with Gasteiger partial charge in [-0.15, -0.1) is 0 Å². The van der Waals surface area contributed by atoms with E-state index in [0.717, 1.165) is 0 Å². The number of carbonyl (C=O) groups is 2. The van der Waals surface area contributed by atoms with Crippen LogP contribution in [0.5, 0.6) is 0 Å². The summed E-state index contributed by atoms with van der Waals surface area (Å²) in [5.41, 5.74) is 0. The maximum Gasteiger partial charge on any atom is 0.409 e. The maximum atomic E-state index is 11.0. The molecule has 1 rings (SSSR count). The Morgan fingerprint density at radius 3 is 2.31 bits per heavy atom. The second-order valence-electron chi connectivity index (χ2n) is 3.04. The number of piperidine rings is 1. The number of likely N-dealkylation sites (tertiary alicyclic amines) is 1. The number of hydrogen-bond acceptors (Lipinski definition) is 3. The Bertz CT molecular complexity index is 211. The van der Waals surface area contributed by atoms with Gasteiger partial charge >= 0.3 is 6.09 Å². The minimum atomic E-state index is -0.333. The molecular weight excluding hydrogens is 194 g/mol. The summed E-state index contributed by atoms with van der Waals surface area (Å²) in [6.45, 7) is 1.10. The summed E-state index contributed by atoms with van der Waals surface area (Å²) in [4.78, 5) is 23.4. The highest BCUT2D eigenvalue weighted by atomic mass is 35.5. The van der Waals surface area contributed by atoms with Gasteiger partial charge in [-0.2, -0.15) is 0 Å². The van der Waals surface area contributed by atoms with Crippen molar-refractivity contribution in [3.63, 3.8) is 0 Å². The standard InChI is InChI=1S/C8H12ClNO3/c1-13-8(12)10-4-2-6(3-5-10)7(9)11/h6H,2-5H2,1H3. The Kier molecular flexibility index (Phi) is 3.54. The first-order valence-corrected chi connectivity index (χ1v) is 4.55. The molecule has 0 radical (unpaired) electrons. The second kappa shape index (κ2) is 4.46. The summed E-state index contributed by atoms with van der Waals surface area (Å²) >= 11 is 5.34. The zero-order chi connectivity index (χ0) is 9.84. The fourth-order valence-electron chi connectivity index (χ4n) is 1.42. The quantitative estimate of drug-likeness (QED) is 0.605. The molecule has 0 aromatic heterocycles. The fraction of sp³-hybridized carbons (Fsp3) is 0.750. The highest BCUT2D eigenvalue weighted by molar-refractivity contribution is 6.63. The molecule has 0 aromatic rings. The van der Waals surface area contributed by atoms with Gasteiger partial charge in [0.1, 0.15) is 0 Å². The van der Waals surface area contributed by atoms with E-state index in [1.807, 2.05) is 0 Å². The van der Waals surface area contributed by atoms with E-state index in [1.54, 1.807) is 4.90 Å². The molecule has 1 fully saturated rings. The first kappa shape index (κ1) is 10.3. The van der Waals surface area contributed by atoms with Crippen LogP contribution >= 0.6 is 11.6 Å². The Morgan fingerprint density at radius 2 is 1.92 bits per heavy atom. The van der Waals surface area contributed by atoms with Crippen LogP contribution in [-0.2, 0) is 9.53 Å². The molecule has 0 bridgehead atoms. The first-order chi connectivity index (χ1) is 6.15. The molecule has 1 aliphatic heterocycles. The van der Waals surface area contributed by atoms with E-state index in [4.69, 9.17) is 11.6 Å². The Hall–Kier alpha value is -0.770. The molecule has 0 unspecified atom stereocenters.